The summed E-state index contributed by atoms with van der Waals surface area (Å²) in [5.74, 6) is -0.311. The number of nitrogens with two attached hydrogens (primary N) is 2. The molecule has 0 fully saturated rings. The van der Waals surface area contributed by atoms with E-state index in [0.717, 1.165) is 34.7 Å². The highest BCUT2D eigenvalue weighted by Gasteiger charge is 2.21. The Hall–Kier alpha value is -3.13. The van der Waals surface area contributed by atoms with Crippen molar-refractivity contribution in [3.8, 4) is 10.4 Å². The number of benzene rings is 1. The molecule has 132 valence electrons. The van der Waals surface area contributed by atoms with Gasteiger partial charge in [-0.3, -0.25) is 0 Å². The van der Waals surface area contributed by atoms with Crippen LogP contribution < -0.4 is 16.4 Å². The van der Waals surface area contributed by atoms with Gasteiger partial charge in [0.1, 0.15) is 10.7 Å². The average Bonchev–Trinajstić information content (AvgIpc) is 3.24. The van der Waals surface area contributed by atoms with E-state index in [0.29, 0.717) is 17.2 Å². The van der Waals surface area contributed by atoms with E-state index in [2.05, 4.69) is 27.0 Å². The lowest BCUT2D eigenvalue weighted by Gasteiger charge is -2.20. The van der Waals surface area contributed by atoms with Crippen molar-refractivity contribution in [3.05, 3.63) is 52.5 Å². The number of thiophene rings is 1. The van der Waals surface area contributed by atoms with Gasteiger partial charge in [-0.2, -0.15) is 4.98 Å². The Balaban J connectivity index is 1.59. The number of fused-ring (bicyclic) bond motifs is 1. The quantitative estimate of drug-likeness (QED) is 0.648. The summed E-state index contributed by atoms with van der Waals surface area (Å²) in [5.41, 5.74) is 15.8. The average molecular weight is 367 g/mol. The lowest BCUT2D eigenvalue weighted by molar-refractivity contribution is 0.0702. The smallest absolute Gasteiger partial charge is 0.345 e. The van der Waals surface area contributed by atoms with Crippen LogP contribution in [0, 0.1) is 0 Å². The highest BCUT2D eigenvalue weighted by atomic mass is 32.1. The number of hydrogen-bond donors (Lipinski definition) is 3. The van der Waals surface area contributed by atoms with Crippen molar-refractivity contribution in [2.45, 2.75) is 13.0 Å². The number of nitrogens with zero attached hydrogens (tertiary/aromatic N) is 3. The van der Waals surface area contributed by atoms with Crippen molar-refractivity contribution in [3.63, 3.8) is 0 Å². The van der Waals surface area contributed by atoms with Gasteiger partial charge in [-0.1, -0.05) is 6.07 Å². The van der Waals surface area contributed by atoms with Gasteiger partial charge in [0, 0.05) is 35.4 Å². The fourth-order valence-corrected chi connectivity index (χ4v) is 4.00. The van der Waals surface area contributed by atoms with Crippen LogP contribution in [0.2, 0.25) is 0 Å². The van der Waals surface area contributed by atoms with Crippen LogP contribution in [-0.2, 0) is 13.0 Å². The summed E-state index contributed by atoms with van der Waals surface area (Å²) in [5, 5.41) is 9.09. The van der Waals surface area contributed by atoms with E-state index < -0.39 is 5.97 Å². The molecular formula is C18H17N5O2S. The molecule has 3 aromatic rings. The van der Waals surface area contributed by atoms with Crippen molar-refractivity contribution in [1.29, 1.82) is 0 Å². The first-order chi connectivity index (χ1) is 12.5. The predicted octanol–water partition coefficient (Wildman–Crippen LogP) is 2.63. The maximum atomic E-state index is 11.1. The third kappa shape index (κ3) is 2.95. The third-order valence-corrected chi connectivity index (χ3v) is 5.57. The van der Waals surface area contributed by atoms with Crippen LogP contribution in [0.15, 0.2) is 36.5 Å². The van der Waals surface area contributed by atoms with Gasteiger partial charge in [-0.15, -0.1) is 11.3 Å². The molecule has 0 saturated carbocycles. The maximum absolute atomic E-state index is 11.1. The number of nitrogen functional groups attached to an aromatic ring is 2. The van der Waals surface area contributed by atoms with E-state index in [4.69, 9.17) is 16.6 Å². The van der Waals surface area contributed by atoms with Crippen molar-refractivity contribution in [1.82, 2.24) is 9.97 Å². The Morgan fingerprint density at radius 1 is 1.27 bits per heavy atom. The molecule has 0 unspecified atom stereocenters. The predicted molar refractivity (Wildman–Crippen MR) is 102 cm³/mol. The molecule has 7 nitrogen and oxygen atoms in total. The molecule has 0 aliphatic carbocycles. The molecule has 1 aliphatic rings. The number of hydrogen-bond acceptors (Lipinski definition) is 7. The molecule has 2 aromatic heterocycles. The van der Waals surface area contributed by atoms with E-state index in [9.17, 15) is 4.79 Å². The van der Waals surface area contributed by atoms with Crippen molar-refractivity contribution in [2.75, 3.05) is 22.9 Å². The molecule has 1 aromatic carbocycles. The first-order valence-corrected chi connectivity index (χ1v) is 8.91. The zero-order valence-electron chi connectivity index (χ0n) is 13.8. The van der Waals surface area contributed by atoms with E-state index in [-0.39, 0.29) is 5.95 Å². The Labute approximate surface area is 153 Å². The fraction of sp³-hybridized carbons (Fsp3) is 0.167. The highest BCUT2D eigenvalue weighted by molar-refractivity contribution is 7.17. The van der Waals surface area contributed by atoms with E-state index in [1.807, 2.05) is 12.1 Å². The molecule has 5 N–H and O–H groups in total. The summed E-state index contributed by atoms with van der Waals surface area (Å²) in [6, 6.07) is 9.74. The Morgan fingerprint density at radius 3 is 2.85 bits per heavy atom. The van der Waals surface area contributed by atoms with Gasteiger partial charge < -0.3 is 21.5 Å². The first kappa shape index (κ1) is 16.3. The Bertz CT molecular complexity index is 1000. The second-order valence-corrected chi connectivity index (χ2v) is 7.21. The van der Waals surface area contributed by atoms with Crippen LogP contribution in [0.4, 0.5) is 17.5 Å². The summed E-state index contributed by atoms with van der Waals surface area (Å²) in [7, 11) is 0. The second kappa shape index (κ2) is 6.30. The monoisotopic (exact) mass is 367 g/mol. The van der Waals surface area contributed by atoms with Crippen LogP contribution >= 0.6 is 11.3 Å². The number of aromatic carboxylic acids is 1. The highest BCUT2D eigenvalue weighted by Crippen LogP contribution is 2.35. The molecule has 0 radical (unpaired) electrons. The molecule has 26 heavy (non-hydrogen) atoms. The van der Waals surface area contributed by atoms with Crippen molar-refractivity contribution in [2.24, 2.45) is 0 Å². The van der Waals surface area contributed by atoms with Crippen LogP contribution in [0.3, 0.4) is 0 Å². The SMILES string of the molecule is Nc1ncc(CN2CCc3cc(-c4ccc(C(=O)O)s4)ccc32)c(N)n1. The van der Waals surface area contributed by atoms with Crippen LogP contribution in [0.1, 0.15) is 20.8 Å². The lowest BCUT2D eigenvalue weighted by atomic mass is 10.1. The summed E-state index contributed by atoms with van der Waals surface area (Å²) in [4.78, 5) is 22.7. The molecular weight excluding hydrogens is 350 g/mol. The van der Waals surface area contributed by atoms with Gasteiger partial charge in [0.05, 0.1) is 0 Å². The van der Waals surface area contributed by atoms with E-state index in [1.165, 1.54) is 16.9 Å². The molecule has 3 heterocycles. The number of anilines is 3. The molecule has 4 rings (SSSR count). The van der Waals surface area contributed by atoms with Crippen LogP contribution in [-0.4, -0.2) is 27.6 Å². The number of carboxylic acid groups (broad SMARTS) is 1. The van der Waals surface area contributed by atoms with Gasteiger partial charge >= 0.3 is 5.97 Å². The molecule has 8 heteroatoms. The summed E-state index contributed by atoms with van der Waals surface area (Å²) in [6.07, 6.45) is 2.60. The minimum atomic E-state index is -0.892. The summed E-state index contributed by atoms with van der Waals surface area (Å²) < 4.78 is 0. The fourth-order valence-electron chi connectivity index (χ4n) is 3.16. The standard InChI is InChI=1S/C18H17N5O2S/c19-16-12(8-21-18(20)22-16)9-23-6-5-10-7-11(1-2-13(10)23)14-3-4-15(26-14)17(24)25/h1-4,7-8H,5-6,9H2,(H,24,25)(H4,19,20,21,22). The summed E-state index contributed by atoms with van der Waals surface area (Å²) in [6.45, 7) is 1.51. The number of aromatic nitrogens is 2. The van der Waals surface area contributed by atoms with Crippen molar-refractivity contribution < 1.29 is 9.90 Å². The van der Waals surface area contributed by atoms with Crippen molar-refractivity contribution >= 4 is 34.8 Å². The Morgan fingerprint density at radius 2 is 2.12 bits per heavy atom. The number of rotatable bonds is 4. The largest absolute Gasteiger partial charge is 0.477 e. The lowest BCUT2D eigenvalue weighted by Crippen LogP contribution is -2.21. The molecule has 0 atom stereocenters. The topological polar surface area (TPSA) is 118 Å². The molecule has 0 saturated heterocycles. The maximum Gasteiger partial charge on any atom is 0.345 e. The van der Waals surface area contributed by atoms with Crippen LogP contribution in [0.5, 0.6) is 0 Å². The van der Waals surface area contributed by atoms with Gasteiger partial charge in [-0.25, -0.2) is 9.78 Å². The third-order valence-electron chi connectivity index (χ3n) is 4.45. The van der Waals surface area contributed by atoms with Gasteiger partial charge in [-0.05, 0) is 41.8 Å². The minimum Gasteiger partial charge on any atom is -0.477 e. The zero-order chi connectivity index (χ0) is 18.3. The first-order valence-electron chi connectivity index (χ1n) is 8.09. The molecule has 0 bridgehead atoms. The number of carboxylic acids is 1. The molecule has 0 amide bonds. The van der Waals surface area contributed by atoms with Gasteiger partial charge in [0.25, 0.3) is 0 Å². The minimum absolute atomic E-state index is 0.175. The normalized spacial score (nSPS) is 13.0. The Kier molecular flexibility index (Phi) is 3.96. The van der Waals surface area contributed by atoms with E-state index >= 15 is 0 Å². The number of carbonyl (C=O) groups is 1. The second-order valence-electron chi connectivity index (χ2n) is 6.12. The van der Waals surface area contributed by atoms with E-state index in [1.54, 1.807) is 12.3 Å². The molecule has 0 spiro atoms. The van der Waals surface area contributed by atoms with Gasteiger partial charge in [0.2, 0.25) is 5.95 Å². The zero-order valence-corrected chi connectivity index (χ0v) is 14.7. The molecule has 1 aliphatic heterocycles. The van der Waals surface area contributed by atoms with Gasteiger partial charge in [0.15, 0.2) is 0 Å². The summed E-state index contributed by atoms with van der Waals surface area (Å²) >= 11 is 1.29. The van der Waals surface area contributed by atoms with Crippen LogP contribution in [0.25, 0.3) is 10.4 Å².